The third-order valence-corrected chi connectivity index (χ3v) is 8.55. The number of nitrogens with zero attached hydrogens (tertiary/aromatic N) is 2. The van der Waals surface area contributed by atoms with Crippen LogP contribution in [0.3, 0.4) is 0 Å². The minimum absolute atomic E-state index is 0.146. The molecule has 2 aliphatic rings. The summed E-state index contributed by atoms with van der Waals surface area (Å²) in [5.74, 6) is 1.41. The molecule has 1 heterocycles. The second-order valence-electron chi connectivity index (χ2n) is 11.3. The first-order chi connectivity index (χ1) is 17.9. The van der Waals surface area contributed by atoms with Crippen molar-refractivity contribution < 1.29 is 9.59 Å². The summed E-state index contributed by atoms with van der Waals surface area (Å²) in [5, 5.41) is 6.09. The lowest BCUT2D eigenvalue weighted by atomic mass is 9.47. The maximum Gasteiger partial charge on any atom is 0.165 e. The smallest absolute Gasteiger partial charge is 0.165 e. The second kappa shape index (κ2) is 9.57. The number of fused-ring (bicyclic) bond motifs is 1. The number of hydrogen-bond donors (Lipinski definition) is 0. The van der Waals surface area contributed by atoms with Crippen molar-refractivity contribution in [2.75, 3.05) is 0 Å². The van der Waals surface area contributed by atoms with Crippen LogP contribution in [0.25, 0.3) is 22.0 Å². The topological polar surface area (TPSA) is 52.0 Å². The van der Waals surface area contributed by atoms with Crippen LogP contribution in [-0.4, -0.2) is 21.3 Å². The van der Waals surface area contributed by atoms with Gasteiger partial charge in [0.25, 0.3) is 0 Å². The number of aromatic nitrogens is 2. The molecule has 1 spiro atoms. The molecular weight excluding hydrogens is 480 g/mol. The summed E-state index contributed by atoms with van der Waals surface area (Å²) >= 11 is 6.42. The molecule has 37 heavy (non-hydrogen) atoms. The minimum atomic E-state index is 0.146. The van der Waals surface area contributed by atoms with E-state index >= 15 is 0 Å². The minimum Gasteiger partial charge on any atom is -0.300 e. The van der Waals surface area contributed by atoms with E-state index in [0.29, 0.717) is 53.0 Å². The SMILES string of the molecule is CC(=O)CC1CC2(C1)CC(CC(=O)c1cc(Cl)cc3cnn(Cc4ccc(-c5ccccc5)cc4)c13)C2. The van der Waals surface area contributed by atoms with Crippen molar-refractivity contribution in [3.63, 3.8) is 0 Å². The molecular formula is C32H31ClN2O2. The van der Waals surface area contributed by atoms with Gasteiger partial charge in [-0.15, -0.1) is 0 Å². The number of halogens is 1. The number of benzene rings is 3. The van der Waals surface area contributed by atoms with Gasteiger partial charge in [-0.3, -0.25) is 9.48 Å². The Bertz CT molecular complexity index is 1460. The van der Waals surface area contributed by atoms with Gasteiger partial charge in [0.1, 0.15) is 5.78 Å². The zero-order chi connectivity index (χ0) is 25.6. The molecule has 0 N–H and O–H groups in total. The van der Waals surface area contributed by atoms with Gasteiger partial charge in [-0.1, -0.05) is 66.2 Å². The highest BCUT2D eigenvalue weighted by atomic mass is 35.5. The summed E-state index contributed by atoms with van der Waals surface area (Å²) in [6.45, 7) is 2.27. The third kappa shape index (κ3) is 4.87. The van der Waals surface area contributed by atoms with Crippen molar-refractivity contribution in [2.45, 2.75) is 52.0 Å². The van der Waals surface area contributed by atoms with Gasteiger partial charge in [-0.25, -0.2) is 0 Å². The average Bonchev–Trinajstić information content (AvgIpc) is 3.23. The van der Waals surface area contributed by atoms with E-state index in [0.717, 1.165) is 42.1 Å². The van der Waals surface area contributed by atoms with Crippen LogP contribution in [0.1, 0.15) is 61.4 Å². The Hall–Kier alpha value is -3.24. The van der Waals surface area contributed by atoms with Crippen molar-refractivity contribution in [1.82, 2.24) is 9.78 Å². The molecule has 188 valence electrons. The molecule has 0 aliphatic heterocycles. The van der Waals surface area contributed by atoms with E-state index in [1.54, 1.807) is 13.1 Å². The highest BCUT2D eigenvalue weighted by Crippen LogP contribution is 2.62. The molecule has 2 fully saturated rings. The van der Waals surface area contributed by atoms with E-state index in [1.165, 1.54) is 11.1 Å². The van der Waals surface area contributed by atoms with E-state index in [1.807, 2.05) is 35.0 Å². The summed E-state index contributed by atoms with van der Waals surface area (Å²) in [6, 6.07) is 22.5. The number of carbonyl (C=O) groups is 2. The van der Waals surface area contributed by atoms with Gasteiger partial charge in [-0.2, -0.15) is 5.10 Å². The van der Waals surface area contributed by atoms with Crippen molar-refractivity contribution in [2.24, 2.45) is 17.3 Å². The van der Waals surface area contributed by atoms with E-state index in [2.05, 4.69) is 41.5 Å². The molecule has 2 aliphatic carbocycles. The fraction of sp³-hybridized carbons (Fsp3) is 0.344. The van der Waals surface area contributed by atoms with Gasteiger partial charge in [0, 0.05) is 28.8 Å². The van der Waals surface area contributed by atoms with Crippen LogP contribution < -0.4 is 0 Å². The van der Waals surface area contributed by atoms with Crippen molar-refractivity contribution in [3.8, 4) is 11.1 Å². The van der Waals surface area contributed by atoms with Gasteiger partial charge >= 0.3 is 0 Å². The molecule has 3 aromatic carbocycles. The number of hydrogen-bond acceptors (Lipinski definition) is 3. The highest BCUT2D eigenvalue weighted by Gasteiger charge is 2.52. The Balaban J connectivity index is 1.17. The largest absolute Gasteiger partial charge is 0.300 e. The van der Waals surface area contributed by atoms with Crippen LogP contribution in [0.4, 0.5) is 0 Å². The average molecular weight is 511 g/mol. The van der Waals surface area contributed by atoms with Gasteiger partial charge in [0.15, 0.2) is 5.78 Å². The quantitative estimate of drug-likeness (QED) is 0.227. The first-order valence-electron chi connectivity index (χ1n) is 13.2. The molecule has 5 heteroatoms. The predicted octanol–water partition coefficient (Wildman–Crippen LogP) is 7.76. The third-order valence-electron chi connectivity index (χ3n) is 8.33. The Labute approximate surface area is 222 Å². The van der Waals surface area contributed by atoms with Gasteiger partial charge < -0.3 is 4.79 Å². The van der Waals surface area contributed by atoms with Crippen LogP contribution in [-0.2, 0) is 11.3 Å². The monoisotopic (exact) mass is 510 g/mol. The number of rotatable bonds is 8. The first kappa shape index (κ1) is 24.1. The van der Waals surface area contributed by atoms with Crippen LogP contribution in [0.2, 0.25) is 5.02 Å². The summed E-state index contributed by atoms with van der Waals surface area (Å²) < 4.78 is 1.93. The van der Waals surface area contributed by atoms with Crippen molar-refractivity contribution in [3.05, 3.63) is 89.1 Å². The van der Waals surface area contributed by atoms with Gasteiger partial charge in [0.05, 0.1) is 18.3 Å². The number of Topliss-reactive ketones (excluding diaryl/α,β-unsaturated/α-hetero) is 2. The zero-order valence-electron chi connectivity index (χ0n) is 21.1. The molecule has 4 aromatic rings. The summed E-state index contributed by atoms with van der Waals surface area (Å²) in [7, 11) is 0. The van der Waals surface area contributed by atoms with E-state index in [-0.39, 0.29) is 5.78 Å². The molecule has 0 unspecified atom stereocenters. The highest BCUT2D eigenvalue weighted by molar-refractivity contribution is 6.32. The van der Waals surface area contributed by atoms with Crippen LogP contribution in [0.5, 0.6) is 0 Å². The standard InChI is InChI=1S/C32H31ClN2O2/c1-21(36)11-23-15-32(16-23)17-24(18-32)12-30(37)29-14-28(33)13-27-19-34-35(31(27)29)20-22-7-9-26(10-8-22)25-5-3-2-4-6-25/h2-10,13-14,19,23-24H,11-12,15-18,20H2,1H3. The fourth-order valence-corrected chi connectivity index (χ4v) is 7.09. The van der Waals surface area contributed by atoms with Crippen molar-refractivity contribution >= 4 is 34.1 Å². The molecule has 2 saturated carbocycles. The predicted molar refractivity (Wildman–Crippen MR) is 148 cm³/mol. The molecule has 0 atom stereocenters. The molecule has 0 radical (unpaired) electrons. The van der Waals surface area contributed by atoms with Gasteiger partial charge in [-0.05, 0) is 78.7 Å². The van der Waals surface area contributed by atoms with E-state index < -0.39 is 0 Å². The fourth-order valence-electron chi connectivity index (χ4n) is 6.87. The Morgan fingerprint density at radius 3 is 2.24 bits per heavy atom. The molecule has 0 amide bonds. The summed E-state index contributed by atoms with van der Waals surface area (Å²) in [6.07, 6.45) is 7.56. The van der Waals surface area contributed by atoms with Gasteiger partial charge in [0.2, 0.25) is 0 Å². The molecule has 1 aromatic heterocycles. The summed E-state index contributed by atoms with van der Waals surface area (Å²) in [5.41, 5.74) is 5.42. The lowest BCUT2D eigenvalue weighted by molar-refractivity contribution is -0.123. The Morgan fingerprint density at radius 2 is 1.57 bits per heavy atom. The van der Waals surface area contributed by atoms with Crippen LogP contribution in [0, 0.1) is 17.3 Å². The Morgan fingerprint density at radius 1 is 0.919 bits per heavy atom. The molecule has 0 saturated heterocycles. The lowest BCUT2D eigenvalue weighted by Crippen LogP contribution is -2.48. The summed E-state index contributed by atoms with van der Waals surface area (Å²) in [4.78, 5) is 24.9. The maximum atomic E-state index is 13.5. The van der Waals surface area contributed by atoms with Crippen LogP contribution in [0.15, 0.2) is 72.9 Å². The van der Waals surface area contributed by atoms with E-state index in [4.69, 9.17) is 11.6 Å². The first-order valence-corrected chi connectivity index (χ1v) is 13.6. The number of carbonyl (C=O) groups excluding carboxylic acids is 2. The molecule has 0 bridgehead atoms. The van der Waals surface area contributed by atoms with Crippen LogP contribution >= 0.6 is 11.6 Å². The van der Waals surface area contributed by atoms with Crippen molar-refractivity contribution in [1.29, 1.82) is 0 Å². The zero-order valence-corrected chi connectivity index (χ0v) is 21.9. The maximum absolute atomic E-state index is 13.5. The molecule has 6 rings (SSSR count). The lowest BCUT2D eigenvalue weighted by Gasteiger charge is -2.58. The second-order valence-corrected chi connectivity index (χ2v) is 11.8. The number of ketones is 2. The Kier molecular flexibility index (Phi) is 6.24. The normalized spacial score (nSPS) is 22.5. The van der Waals surface area contributed by atoms with E-state index in [9.17, 15) is 9.59 Å². The molecule has 4 nitrogen and oxygen atoms in total.